The van der Waals surface area contributed by atoms with E-state index in [0.717, 1.165) is 17.7 Å². The summed E-state index contributed by atoms with van der Waals surface area (Å²) in [5, 5.41) is 0. The van der Waals surface area contributed by atoms with E-state index in [-0.39, 0.29) is 30.1 Å². The van der Waals surface area contributed by atoms with E-state index in [1.807, 2.05) is 23.1 Å². The summed E-state index contributed by atoms with van der Waals surface area (Å²) in [5.41, 5.74) is 2.10. The third kappa shape index (κ3) is 3.99. The molecule has 146 valence electrons. The van der Waals surface area contributed by atoms with Gasteiger partial charge in [-0.3, -0.25) is 14.4 Å². The number of anilines is 1. The van der Waals surface area contributed by atoms with Crippen molar-refractivity contribution in [2.75, 3.05) is 37.6 Å². The first-order valence-corrected chi connectivity index (χ1v) is 9.86. The van der Waals surface area contributed by atoms with Gasteiger partial charge < -0.3 is 14.7 Å². The summed E-state index contributed by atoms with van der Waals surface area (Å²) in [5.74, 6) is 0.169. The number of carbonyl (C=O) groups excluding carboxylic acids is 3. The minimum absolute atomic E-state index is 0.0199. The van der Waals surface area contributed by atoms with E-state index in [1.165, 1.54) is 0 Å². The highest BCUT2D eigenvalue weighted by molar-refractivity contribution is 6.01. The lowest BCUT2D eigenvalue weighted by atomic mass is 9.96. The summed E-state index contributed by atoms with van der Waals surface area (Å²) in [6.45, 7) is 8.54. The van der Waals surface area contributed by atoms with Gasteiger partial charge in [-0.1, -0.05) is 32.0 Å². The summed E-state index contributed by atoms with van der Waals surface area (Å²) in [6.07, 6.45) is 1.27. The molecular weight excluding hydrogens is 342 g/mol. The number of piperazine rings is 1. The van der Waals surface area contributed by atoms with Gasteiger partial charge in [0.2, 0.25) is 17.7 Å². The van der Waals surface area contributed by atoms with Gasteiger partial charge in [-0.05, 0) is 24.0 Å². The minimum Gasteiger partial charge on any atom is -0.339 e. The largest absolute Gasteiger partial charge is 0.339 e. The van der Waals surface area contributed by atoms with E-state index >= 15 is 0 Å². The van der Waals surface area contributed by atoms with Gasteiger partial charge in [0.05, 0.1) is 5.92 Å². The molecule has 3 amide bonds. The van der Waals surface area contributed by atoms with Crippen molar-refractivity contribution in [3.05, 3.63) is 29.8 Å². The summed E-state index contributed by atoms with van der Waals surface area (Å²) >= 11 is 0. The molecule has 0 bridgehead atoms. The standard InChI is InChI=1S/C21H29N3O3/c1-4-15(2)18-7-5-6-8-19(18)24-14-17(13-20(24)26)21(27)23-11-9-22(10-12-23)16(3)25/h5-8,15,17H,4,9-14H2,1-3H3. The van der Waals surface area contributed by atoms with Crippen molar-refractivity contribution < 1.29 is 14.4 Å². The van der Waals surface area contributed by atoms with E-state index in [0.29, 0.717) is 38.6 Å². The Bertz CT molecular complexity index is 725. The van der Waals surface area contributed by atoms with Gasteiger partial charge in [-0.15, -0.1) is 0 Å². The number of carbonyl (C=O) groups is 3. The molecule has 2 aliphatic heterocycles. The molecule has 0 spiro atoms. The van der Waals surface area contributed by atoms with Crippen molar-refractivity contribution in [2.24, 2.45) is 5.92 Å². The van der Waals surface area contributed by atoms with Crippen molar-refractivity contribution in [1.29, 1.82) is 0 Å². The Morgan fingerprint density at radius 1 is 1.11 bits per heavy atom. The first kappa shape index (κ1) is 19.4. The quantitative estimate of drug-likeness (QED) is 0.816. The number of hydrogen-bond acceptors (Lipinski definition) is 3. The van der Waals surface area contributed by atoms with E-state index in [4.69, 9.17) is 0 Å². The zero-order chi connectivity index (χ0) is 19.6. The second-order valence-electron chi connectivity index (χ2n) is 7.60. The van der Waals surface area contributed by atoms with Crippen LogP contribution in [0.3, 0.4) is 0 Å². The summed E-state index contributed by atoms with van der Waals surface area (Å²) in [4.78, 5) is 42.4. The fourth-order valence-corrected chi connectivity index (χ4v) is 3.98. The monoisotopic (exact) mass is 371 g/mol. The lowest BCUT2D eigenvalue weighted by Crippen LogP contribution is -2.51. The molecule has 2 fully saturated rings. The first-order chi connectivity index (χ1) is 12.9. The van der Waals surface area contributed by atoms with Gasteiger partial charge >= 0.3 is 0 Å². The van der Waals surface area contributed by atoms with Crippen LogP contribution in [0.2, 0.25) is 0 Å². The number of benzene rings is 1. The SMILES string of the molecule is CCC(C)c1ccccc1N1CC(C(=O)N2CCN(C(C)=O)CC2)CC1=O. The highest BCUT2D eigenvalue weighted by Crippen LogP contribution is 2.34. The Morgan fingerprint density at radius 2 is 1.74 bits per heavy atom. The Morgan fingerprint density at radius 3 is 2.37 bits per heavy atom. The van der Waals surface area contributed by atoms with Gasteiger partial charge in [-0.25, -0.2) is 0 Å². The van der Waals surface area contributed by atoms with Crippen molar-refractivity contribution in [2.45, 2.75) is 39.5 Å². The van der Waals surface area contributed by atoms with Gasteiger partial charge in [0.1, 0.15) is 0 Å². The van der Waals surface area contributed by atoms with Crippen LogP contribution in [-0.2, 0) is 14.4 Å². The van der Waals surface area contributed by atoms with Gasteiger partial charge in [0, 0.05) is 51.8 Å². The predicted octanol–water partition coefficient (Wildman–Crippen LogP) is 2.24. The lowest BCUT2D eigenvalue weighted by molar-refractivity contribution is -0.141. The second-order valence-corrected chi connectivity index (χ2v) is 7.60. The number of nitrogens with zero attached hydrogens (tertiary/aromatic N) is 3. The molecular formula is C21H29N3O3. The zero-order valence-corrected chi connectivity index (χ0v) is 16.5. The Balaban J connectivity index is 1.69. The number of amides is 3. The van der Waals surface area contributed by atoms with Crippen LogP contribution >= 0.6 is 0 Å². The van der Waals surface area contributed by atoms with E-state index in [9.17, 15) is 14.4 Å². The zero-order valence-electron chi connectivity index (χ0n) is 16.5. The average molecular weight is 371 g/mol. The average Bonchev–Trinajstić information content (AvgIpc) is 3.08. The van der Waals surface area contributed by atoms with Gasteiger partial charge in [0.15, 0.2) is 0 Å². The number of para-hydroxylation sites is 1. The molecule has 0 aromatic heterocycles. The first-order valence-electron chi connectivity index (χ1n) is 9.86. The van der Waals surface area contributed by atoms with E-state index in [2.05, 4.69) is 19.9 Å². The molecule has 3 rings (SSSR count). The molecule has 2 aliphatic rings. The Labute approximate surface area is 161 Å². The molecule has 2 atom stereocenters. The Kier molecular flexibility index (Phi) is 5.82. The molecule has 0 radical (unpaired) electrons. The molecule has 6 heteroatoms. The van der Waals surface area contributed by atoms with Crippen LogP contribution in [0.4, 0.5) is 5.69 Å². The third-order valence-corrected chi connectivity index (χ3v) is 5.88. The van der Waals surface area contributed by atoms with E-state index < -0.39 is 0 Å². The third-order valence-electron chi connectivity index (χ3n) is 5.88. The molecule has 2 saturated heterocycles. The maximum Gasteiger partial charge on any atom is 0.228 e. The van der Waals surface area contributed by atoms with Crippen molar-refractivity contribution >= 4 is 23.4 Å². The molecule has 0 N–H and O–H groups in total. The molecule has 1 aromatic rings. The normalized spacial score (nSPS) is 21.5. The van der Waals surface area contributed by atoms with Crippen LogP contribution in [0.1, 0.15) is 45.1 Å². The predicted molar refractivity (Wildman–Crippen MR) is 104 cm³/mol. The van der Waals surface area contributed by atoms with Crippen LogP contribution in [0, 0.1) is 5.92 Å². The molecule has 0 saturated carbocycles. The highest BCUT2D eigenvalue weighted by Gasteiger charge is 2.38. The van der Waals surface area contributed by atoms with E-state index in [1.54, 1.807) is 16.7 Å². The van der Waals surface area contributed by atoms with Crippen molar-refractivity contribution in [3.8, 4) is 0 Å². The van der Waals surface area contributed by atoms with Crippen LogP contribution in [0.5, 0.6) is 0 Å². The summed E-state index contributed by atoms with van der Waals surface area (Å²) in [6, 6.07) is 8.01. The minimum atomic E-state index is -0.300. The van der Waals surface area contributed by atoms with Gasteiger partial charge in [0.25, 0.3) is 0 Å². The number of hydrogen-bond donors (Lipinski definition) is 0. The van der Waals surface area contributed by atoms with Crippen molar-refractivity contribution in [1.82, 2.24) is 9.80 Å². The maximum atomic E-state index is 12.9. The maximum absolute atomic E-state index is 12.9. The second kappa shape index (κ2) is 8.11. The molecule has 6 nitrogen and oxygen atoms in total. The summed E-state index contributed by atoms with van der Waals surface area (Å²) < 4.78 is 0. The van der Waals surface area contributed by atoms with Crippen LogP contribution < -0.4 is 4.90 Å². The lowest BCUT2D eigenvalue weighted by Gasteiger charge is -2.35. The van der Waals surface area contributed by atoms with Gasteiger partial charge in [-0.2, -0.15) is 0 Å². The molecule has 1 aromatic carbocycles. The molecule has 27 heavy (non-hydrogen) atoms. The van der Waals surface area contributed by atoms with Crippen LogP contribution in [0.15, 0.2) is 24.3 Å². The molecule has 0 aliphatic carbocycles. The van der Waals surface area contributed by atoms with Crippen LogP contribution in [0.25, 0.3) is 0 Å². The molecule has 2 unspecified atom stereocenters. The van der Waals surface area contributed by atoms with Crippen molar-refractivity contribution in [3.63, 3.8) is 0 Å². The fourth-order valence-electron chi connectivity index (χ4n) is 3.98. The highest BCUT2D eigenvalue weighted by atomic mass is 16.2. The number of rotatable bonds is 4. The van der Waals surface area contributed by atoms with Crippen LogP contribution in [-0.4, -0.2) is 60.2 Å². The smallest absolute Gasteiger partial charge is 0.228 e. The molecule has 2 heterocycles. The summed E-state index contributed by atoms with van der Waals surface area (Å²) in [7, 11) is 0. The Hall–Kier alpha value is -2.37. The topological polar surface area (TPSA) is 60.9 Å². The fraction of sp³-hybridized carbons (Fsp3) is 0.571.